The molecule has 0 aliphatic carbocycles. The Morgan fingerprint density at radius 3 is 2.55 bits per heavy atom. The van der Waals surface area contributed by atoms with Crippen LogP contribution in [0.15, 0.2) is 47.6 Å². The number of nitrogens with zero attached hydrogens (tertiary/aromatic N) is 3. The van der Waals surface area contributed by atoms with E-state index < -0.39 is 9.84 Å². The Morgan fingerprint density at radius 2 is 1.87 bits per heavy atom. The smallest absolute Gasteiger partial charge is 0.188 e. The molecule has 162 valence electrons. The topological polar surface area (TPSA) is 81.9 Å². The number of sulfone groups is 1. The maximum atomic E-state index is 13.0. The summed E-state index contributed by atoms with van der Waals surface area (Å²) >= 11 is 1.33. The summed E-state index contributed by atoms with van der Waals surface area (Å²) in [5.41, 5.74) is 5.10. The molecule has 1 saturated heterocycles. The summed E-state index contributed by atoms with van der Waals surface area (Å²) in [6.45, 7) is 5.74. The van der Waals surface area contributed by atoms with Crippen LogP contribution < -0.4 is 0 Å². The second kappa shape index (κ2) is 8.59. The van der Waals surface area contributed by atoms with Gasteiger partial charge in [0.15, 0.2) is 20.8 Å². The van der Waals surface area contributed by atoms with E-state index in [0.29, 0.717) is 17.1 Å². The Balaban J connectivity index is 1.51. The molecule has 0 spiro atoms. The molecule has 6 nitrogen and oxygen atoms in total. The van der Waals surface area contributed by atoms with Crippen LogP contribution in [0.5, 0.6) is 0 Å². The minimum atomic E-state index is -2.99. The number of aromatic nitrogens is 3. The van der Waals surface area contributed by atoms with Crippen LogP contribution in [0.2, 0.25) is 0 Å². The largest absolute Gasteiger partial charge is 0.344 e. The van der Waals surface area contributed by atoms with Gasteiger partial charge in [0, 0.05) is 34.3 Å². The van der Waals surface area contributed by atoms with Crippen LogP contribution in [0.1, 0.15) is 39.9 Å². The van der Waals surface area contributed by atoms with Gasteiger partial charge in [-0.05, 0) is 39.3 Å². The lowest BCUT2D eigenvalue weighted by Crippen LogP contribution is -2.14. The summed E-state index contributed by atoms with van der Waals surface area (Å²) in [5.74, 6) is 0.579. The van der Waals surface area contributed by atoms with Crippen molar-refractivity contribution in [2.24, 2.45) is 0 Å². The van der Waals surface area contributed by atoms with E-state index in [-0.39, 0.29) is 29.1 Å². The van der Waals surface area contributed by atoms with Gasteiger partial charge < -0.3 is 4.57 Å². The van der Waals surface area contributed by atoms with E-state index in [1.807, 2.05) is 67.8 Å². The van der Waals surface area contributed by atoms with Crippen LogP contribution >= 0.6 is 11.8 Å². The summed E-state index contributed by atoms with van der Waals surface area (Å²) in [4.78, 5) is 22.1. The first-order chi connectivity index (χ1) is 14.7. The lowest BCUT2D eigenvalue weighted by atomic mass is 10.1. The fourth-order valence-electron chi connectivity index (χ4n) is 4.17. The minimum absolute atomic E-state index is 0.00317. The second-order valence-electron chi connectivity index (χ2n) is 7.97. The molecule has 2 aromatic heterocycles. The van der Waals surface area contributed by atoms with Gasteiger partial charge in [0.05, 0.1) is 23.0 Å². The molecule has 0 amide bonds. The first-order valence-electron chi connectivity index (χ1n) is 10.2. The predicted molar refractivity (Wildman–Crippen MR) is 123 cm³/mol. The van der Waals surface area contributed by atoms with Gasteiger partial charge in [-0.2, -0.15) is 0 Å². The second-order valence-corrected chi connectivity index (χ2v) is 11.1. The zero-order valence-corrected chi connectivity index (χ0v) is 19.5. The molecule has 3 aromatic rings. The van der Waals surface area contributed by atoms with Crippen molar-refractivity contribution in [2.75, 3.05) is 17.3 Å². The standard InChI is InChI=1S/C23H25N3O3S2/c1-15-11-21(18-7-5-4-6-8-18)25-23(24-15)30-13-22(27)20-12-16(2)26(17(20)3)19-9-10-31(28,29)14-19/h4-8,11-12,19H,9-10,13-14H2,1-3H3/t19-/m1/s1. The molecule has 8 heteroatoms. The van der Waals surface area contributed by atoms with Crippen LogP contribution in [0.4, 0.5) is 0 Å². The number of thioether (sulfide) groups is 1. The van der Waals surface area contributed by atoms with Gasteiger partial charge in [0.1, 0.15) is 0 Å². The summed E-state index contributed by atoms with van der Waals surface area (Å²) in [7, 11) is -2.99. The van der Waals surface area contributed by atoms with Gasteiger partial charge in [-0.1, -0.05) is 42.1 Å². The van der Waals surface area contributed by atoms with E-state index in [9.17, 15) is 13.2 Å². The fraction of sp³-hybridized carbons (Fsp3) is 0.348. The molecule has 31 heavy (non-hydrogen) atoms. The minimum Gasteiger partial charge on any atom is -0.344 e. The number of aryl methyl sites for hydroxylation is 2. The zero-order chi connectivity index (χ0) is 22.2. The Bertz CT molecular complexity index is 1230. The number of hydrogen-bond acceptors (Lipinski definition) is 6. The number of ketones is 1. The number of benzene rings is 1. The maximum absolute atomic E-state index is 13.0. The van der Waals surface area contributed by atoms with Crippen molar-refractivity contribution in [3.8, 4) is 11.3 Å². The Kier molecular flexibility index (Phi) is 6.03. The predicted octanol–water partition coefficient (Wildman–Crippen LogP) is 4.20. The number of Topliss-reactive ketones (excluding diaryl/α,β-unsaturated/α-hetero) is 1. The third-order valence-corrected chi connectivity index (χ3v) is 8.19. The highest BCUT2D eigenvalue weighted by molar-refractivity contribution is 7.99. The SMILES string of the molecule is Cc1cc(-c2ccccc2)nc(SCC(=O)c2cc(C)n([C@@H]3CCS(=O)(=O)C3)c2C)n1. The molecule has 0 unspecified atom stereocenters. The third kappa shape index (κ3) is 4.75. The molecular formula is C23H25N3O3S2. The highest BCUT2D eigenvalue weighted by Gasteiger charge is 2.31. The molecule has 4 rings (SSSR count). The van der Waals surface area contributed by atoms with Crippen molar-refractivity contribution < 1.29 is 13.2 Å². The van der Waals surface area contributed by atoms with Gasteiger partial charge in [0.25, 0.3) is 0 Å². The Hall–Kier alpha value is -2.45. The molecular weight excluding hydrogens is 430 g/mol. The van der Waals surface area contributed by atoms with Crippen molar-refractivity contribution in [3.05, 3.63) is 65.1 Å². The van der Waals surface area contributed by atoms with Gasteiger partial charge in [-0.15, -0.1) is 0 Å². The van der Waals surface area contributed by atoms with Gasteiger partial charge in [0.2, 0.25) is 0 Å². The van der Waals surface area contributed by atoms with Gasteiger partial charge in [-0.3, -0.25) is 4.79 Å². The zero-order valence-electron chi connectivity index (χ0n) is 17.8. The number of carbonyl (C=O) groups excluding carboxylic acids is 1. The summed E-state index contributed by atoms with van der Waals surface area (Å²) in [6.07, 6.45) is 0.598. The summed E-state index contributed by atoms with van der Waals surface area (Å²) in [5, 5.41) is 0.572. The molecule has 0 bridgehead atoms. The normalized spacial score (nSPS) is 17.7. The average molecular weight is 456 g/mol. The highest BCUT2D eigenvalue weighted by atomic mass is 32.2. The van der Waals surface area contributed by atoms with Crippen LogP contribution in [0.25, 0.3) is 11.3 Å². The number of hydrogen-bond donors (Lipinski definition) is 0. The quantitative estimate of drug-likeness (QED) is 0.315. The van der Waals surface area contributed by atoms with E-state index in [1.54, 1.807) is 0 Å². The van der Waals surface area contributed by atoms with E-state index in [4.69, 9.17) is 0 Å². The summed E-state index contributed by atoms with van der Waals surface area (Å²) in [6, 6.07) is 13.6. The van der Waals surface area contributed by atoms with Crippen LogP contribution in [0, 0.1) is 20.8 Å². The Morgan fingerprint density at radius 1 is 1.13 bits per heavy atom. The van der Waals surface area contributed by atoms with Crippen molar-refractivity contribution in [1.29, 1.82) is 0 Å². The lowest BCUT2D eigenvalue weighted by Gasteiger charge is -2.16. The van der Waals surface area contributed by atoms with Crippen molar-refractivity contribution >= 4 is 27.4 Å². The number of rotatable bonds is 6. The van der Waals surface area contributed by atoms with Crippen LogP contribution in [-0.2, 0) is 9.84 Å². The first-order valence-corrected chi connectivity index (χ1v) is 13.0. The first kappa shape index (κ1) is 21.8. The van der Waals surface area contributed by atoms with Crippen LogP contribution in [0.3, 0.4) is 0 Å². The molecule has 0 saturated carbocycles. The lowest BCUT2D eigenvalue weighted by molar-refractivity contribution is 0.102. The van der Waals surface area contributed by atoms with Crippen molar-refractivity contribution in [3.63, 3.8) is 0 Å². The van der Waals surface area contributed by atoms with Gasteiger partial charge in [-0.25, -0.2) is 18.4 Å². The van der Waals surface area contributed by atoms with E-state index in [1.165, 1.54) is 11.8 Å². The van der Waals surface area contributed by atoms with E-state index >= 15 is 0 Å². The molecule has 1 atom stereocenters. The molecule has 1 fully saturated rings. The van der Waals surface area contributed by atoms with Crippen molar-refractivity contribution in [2.45, 2.75) is 38.4 Å². The van der Waals surface area contributed by atoms with Crippen LogP contribution in [-0.4, -0.2) is 46.0 Å². The molecule has 1 aliphatic heterocycles. The molecule has 1 aromatic carbocycles. The molecule has 1 aliphatic rings. The fourth-order valence-corrected chi connectivity index (χ4v) is 6.66. The number of carbonyl (C=O) groups is 1. The average Bonchev–Trinajstić information content (AvgIpc) is 3.24. The van der Waals surface area contributed by atoms with E-state index in [2.05, 4.69) is 9.97 Å². The van der Waals surface area contributed by atoms with Crippen molar-refractivity contribution in [1.82, 2.24) is 14.5 Å². The molecule has 0 radical (unpaired) electrons. The monoisotopic (exact) mass is 455 g/mol. The third-order valence-electron chi connectivity index (χ3n) is 5.59. The summed E-state index contributed by atoms with van der Waals surface area (Å²) < 4.78 is 25.8. The van der Waals surface area contributed by atoms with Gasteiger partial charge >= 0.3 is 0 Å². The van der Waals surface area contributed by atoms with E-state index in [0.717, 1.165) is 28.3 Å². The highest BCUT2D eigenvalue weighted by Crippen LogP contribution is 2.30. The molecule has 3 heterocycles. The Labute approximate surface area is 187 Å². The molecule has 0 N–H and O–H groups in total. The maximum Gasteiger partial charge on any atom is 0.188 e.